The van der Waals surface area contributed by atoms with Gasteiger partial charge in [-0.15, -0.1) is 13.2 Å². The minimum absolute atomic E-state index is 0.312. The van der Waals surface area contributed by atoms with Crippen LogP contribution in [-0.2, 0) is 0 Å². The van der Waals surface area contributed by atoms with E-state index in [4.69, 9.17) is 5.11 Å². The molecule has 0 fully saturated rings. The van der Waals surface area contributed by atoms with E-state index in [1.165, 1.54) is 12.8 Å². The molecule has 0 aromatic rings. The molecule has 1 radical (unpaired) electrons. The quantitative estimate of drug-likeness (QED) is 0.435. The van der Waals surface area contributed by atoms with Crippen LogP contribution in [0, 0.1) is 6.42 Å². The van der Waals surface area contributed by atoms with E-state index in [9.17, 15) is 0 Å². The molecule has 0 aliphatic rings. The van der Waals surface area contributed by atoms with Crippen molar-refractivity contribution >= 4 is 0 Å². The van der Waals surface area contributed by atoms with Gasteiger partial charge < -0.3 is 5.11 Å². The van der Waals surface area contributed by atoms with E-state index in [2.05, 4.69) is 19.6 Å². The summed E-state index contributed by atoms with van der Waals surface area (Å²) in [7, 11) is 0. The van der Waals surface area contributed by atoms with Crippen LogP contribution < -0.4 is 0 Å². The summed E-state index contributed by atoms with van der Waals surface area (Å²) in [5, 5.41) is 9.12. The van der Waals surface area contributed by atoms with Crippen LogP contribution in [0.4, 0.5) is 0 Å². The summed E-state index contributed by atoms with van der Waals surface area (Å²) in [5.41, 5.74) is 0. The third kappa shape index (κ3) is 7.55. The van der Waals surface area contributed by atoms with Crippen LogP contribution in [0.5, 0.6) is 0 Å². The van der Waals surface area contributed by atoms with Gasteiger partial charge in [-0.1, -0.05) is 31.4 Å². The Balaban J connectivity index is 2.99. The second-order valence-electron chi connectivity index (χ2n) is 2.91. The molecule has 0 saturated carbocycles. The van der Waals surface area contributed by atoms with E-state index in [-0.39, 0.29) is 6.10 Å². The van der Waals surface area contributed by atoms with Crippen LogP contribution in [0.15, 0.2) is 25.3 Å². The second kappa shape index (κ2) is 8.54. The molecule has 1 N–H and O–H groups in total. The van der Waals surface area contributed by atoms with Gasteiger partial charge in [0.15, 0.2) is 0 Å². The Morgan fingerprint density at radius 2 is 1.92 bits per heavy atom. The number of aliphatic hydroxyl groups excluding tert-OH is 1. The third-order valence-electron chi connectivity index (χ3n) is 1.81. The highest BCUT2D eigenvalue weighted by molar-refractivity contribution is 4.85. The van der Waals surface area contributed by atoms with Gasteiger partial charge in [0.25, 0.3) is 0 Å². The number of allylic oxidation sites excluding steroid dienone is 1. The Bertz CT molecular complexity index is 118. The lowest BCUT2D eigenvalue weighted by Crippen LogP contribution is -2.00. The van der Waals surface area contributed by atoms with Crippen LogP contribution in [0.25, 0.3) is 0 Å². The summed E-state index contributed by atoms with van der Waals surface area (Å²) in [4.78, 5) is 0. The van der Waals surface area contributed by atoms with Crippen molar-refractivity contribution in [2.75, 3.05) is 0 Å². The molecule has 0 aliphatic heterocycles. The molecule has 1 nitrogen and oxygen atoms in total. The Hall–Kier alpha value is -0.560. The van der Waals surface area contributed by atoms with Crippen molar-refractivity contribution in [2.45, 2.75) is 38.2 Å². The number of hydrogen-bond acceptors (Lipinski definition) is 1. The van der Waals surface area contributed by atoms with Gasteiger partial charge in [0, 0.05) is 0 Å². The van der Waals surface area contributed by atoms with E-state index in [1.807, 2.05) is 6.08 Å². The Labute approximate surface area is 75.8 Å². The first-order chi connectivity index (χ1) is 5.81. The molecular formula is C11H19O. The van der Waals surface area contributed by atoms with Crippen molar-refractivity contribution in [3.05, 3.63) is 31.7 Å². The molecule has 12 heavy (non-hydrogen) atoms. The minimum atomic E-state index is -0.312. The van der Waals surface area contributed by atoms with Gasteiger partial charge in [-0.3, -0.25) is 0 Å². The number of unbranched alkanes of at least 4 members (excludes halogenated alkanes) is 4. The maximum Gasteiger partial charge on any atom is 0.0718 e. The van der Waals surface area contributed by atoms with Crippen molar-refractivity contribution in [1.82, 2.24) is 0 Å². The van der Waals surface area contributed by atoms with Gasteiger partial charge in [0.05, 0.1) is 6.10 Å². The highest BCUT2D eigenvalue weighted by atomic mass is 16.3. The lowest BCUT2D eigenvalue weighted by atomic mass is 10.1. The number of hydrogen-bond donors (Lipinski definition) is 1. The van der Waals surface area contributed by atoms with E-state index in [1.54, 1.807) is 6.08 Å². The van der Waals surface area contributed by atoms with Crippen LogP contribution in [0.1, 0.15) is 32.1 Å². The molecule has 0 aliphatic carbocycles. The maximum absolute atomic E-state index is 9.12. The standard InChI is InChI=1S/C11H19O/c1-3-5-6-7-8-9-10-11(12)4-2/h3-5,11-12H,1-2,6-10H2. The highest BCUT2D eigenvalue weighted by Crippen LogP contribution is 2.07. The normalized spacial score (nSPS) is 12.4. The Kier molecular flexibility index (Phi) is 8.14. The largest absolute Gasteiger partial charge is 0.389 e. The molecule has 0 aromatic heterocycles. The third-order valence-corrected chi connectivity index (χ3v) is 1.81. The highest BCUT2D eigenvalue weighted by Gasteiger charge is 1.96. The maximum atomic E-state index is 9.12. The van der Waals surface area contributed by atoms with Crippen molar-refractivity contribution in [1.29, 1.82) is 0 Å². The zero-order valence-electron chi connectivity index (χ0n) is 7.71. The van der Waals surface area contributed by atoms with Gasteiger partial charge >= 0.3 is 0 Å². The zero-order chi connectivity index (χ0) is 9.23. The summed E-state index contributed by atoms with van der Waals surface area (Å²) in [6.07, 6.45) is 10.6. The lowest BCUT2D eigenvalue weighted by Gasteiger charge is -2.03. The topological polar surface area (TPSA) is 20.2 Å². The molecule has 0 aromatic carbocycles. The number of aliphatic hydroxyl groups is 1. The summed E-state index contributed by atoms with van der Waals surface area (Å²) < 4.78 is 0. The van der Waals surface area contributed by atoms with E-state index < -0.39 is 0 Å². The molecule has 0 spiro atoms. The van der Waals surface area contributed by atoms with Gasteiger partial charge in [-0.05, 0) is 19.3 Å². The van der Waals surface area contributed by atoms with E-state index in [0.717, 1.165) is 19.3 Å². The van der Waals surface area contributed by atoms with Gasteiger partial charge in [0.1, 0.15) is 0 Å². The van der Waals surface area contributed by atoms with Gasteiger partial charge in [0.2, 0.25) is 0 Å². The first-order valence-electron chi connectivity index (χ1n) is 4.56. The fourth-order valence-corrected chi connectivity index (χ4v) is 1.03. The predicted molar refractivity (Wildman–Crippen MR) is 53.8 cm³/mol. The summed E-state index contributed by atoms with van der Waals surface area (Å²) in [6, 6.07) is 0. The molecule has 0 heterocycles. The van der Waals surface area contributed by atoms with E-state index in [0.29, 0.717) is 0 Å². The van der Waals surface area contributed by atoms with E-state index >= 15 is 0 Å². The first kappa shape index (κ1) is 11.4. The molecule has 1 unspecified atom stereocenters. The molecule has 0 rings (SSSR count). The summed E-state index contributed by atoms with van der Waals surface area (Å²) in [6.45, 7) is 7.13. The Morgan fingerprint density at radius 3 is 2.50 bits per heavy atom. The van der Waals surface area contributed by atoms with Gasteiger partial charge in [-0.2, -0.15) is 0 Å². The fourth-order valence-electron chi connectivity index (χ4n) is 1.03. The molecule has 69 valence electrons. The average Bonchev–Trinajstić information content (AvgIpc) is 2.10. The molecule has 0 saturated heterocycles. The minimum Gasteiger partial charge on any atom is -0.389 e. The van der Waals surface area contributed by atoms with Crippen molar-refractivity contribution in [3.63, 3.8) is 0 Å². The second-order valence-corrected chi connectivity index (χ2v) is 2.91. The fraction of sp³-hybridized carbons (Fsp3) is 0.545. The average molecular weight is 167 g/mol. The molecular weight excluding hydrogens is 148 g/mol. The summed E-state index contributed by atoms with van der Waals surface area (Å²) in [5.74, 6) is 0. The molecule has 0 bridgehead atoms. The van der Waals surface area contributed by atoms with Gasteiger partial charge in [-0.25, -0.2) is 0 Å². The predicted octanol–water partition coefficient (Wildman–Crippen LogP) is 2.87. The van der Waals surface area contributed by atoms with Crippen LogP contribution in [0.2, 0.25) is 0 Å². The lowest BCUT2D eigenvalue weighted by molar-refractivity contribution is 0.208. The van der Waals surface area contributed by atoms with Crippen LogP contribution >= 0.6 is 0 Å². The first-order valence-corrected chi connectivity index (χ1v) is 4.56. The Morgan fingerprint density at radius 1 is 1.17 bits per heavy atom. The van der Waals surface area contributed by atoms with Crippen molar-refractivity contribution < 1.29 is 5.11 Å². The monoisotopic (exact) mass is 167 g/mol. The van der Waals surface area contributed by atoms with Crippen molar-refractivity contribution in [2.24, 2.45) is 0 Å². The summed E-state index contributed by atoms with van der Waals surface area (Å²) >= 11 is 0. The van der Waals surface area contributed by atoms with Crippen LogP contribution in [0.3, 0.4) is 0 Å². The molecule has 1 heteroatoms. The molecule has 0 amide bonds. The van der Waals surface area contributed by atoms with Crippen LogP contribution in [-0.4, -0.2) is 11.2 Å². The molecule has 1 atom stereocenters. The number of rotatable bonds is 8. The zero-order valence-corrected chi connectivity index (χ0v) is 7.71. The SMILES string of the molecule is C=C[CH]CCCCCC(O)C=C. The van der Waals surface area contributed by atoms with Crippen molar-refractivity contribution in [3.8, 4) is 0 Å². The smallest absolute Gasteiger partial charge is 0.0718 e.